The smallest absolute Gasteiger partial charge is 0.308 e. The van der Waals surface area contributed by atoms with Gasteiger partial charge in [-0.05, 0) is 49.1 Å². The van der Waals surface area contributed by atoms with Gasteiger partial charge in [0.1, 0.15) is 35.7 Å². The molecule has 0 amide bonds. The van der Waals surface area contributed by atoms with E-state index < -0.39 is 0 Å². The van der Waals surface area contributed by atoms with Crippen LogP contribution < -0.4 is 18.9 Å². The maximum absolute atomic E-state index is 11.3. The van der Waals surface area contributed by atoms with E-state index in [4.69, 9.17) is 18.9 Å². The van der Waals surface area contributed by atoms with Crippen molar-refractivity contribution in [1.82, 2.24) is 0 Å². The van der Waals surface area contributed by atoms with Crippen molar-refractivity contribution in [2.45, 2.75) is 39.4 Å². The Balaban J connectivity index is 1.58. The third kappa shape index (κ3) is 5.18. The molecule has 0 saturated heterocycles. The molecule has 160 valence electrons. The Morgan fingerprint density at radius 1 is 1.00 bits per heavy atom. The molecule has 0 radical (unpaired) electrons. The molecule has 5 nitrogen and oxygen atoms in total. The predicted octanol–water partition coefficient (Wildman–Crippen LogP) is 5.66. The molecule has 0 fully saturated rings. The minimum absolute atomic E-state index is 0.165. The van der Waals surface area contributed by atoms with Crippen LogP contribution in [0.2, 0.25) is 0 Å². The largest absolute Gasteiger partial charge is 0.494 e. The van der Waals surface area contributed by atoms with Crippen molar-refractivity contribution in [2.75, 3.05) is 6.61 Å². The molecule has 1 heterocycles. The first kappa shape index (κ1) is 20.8. The fraction of sp³-hybridized carbons (Fsp3) is 0.269. The van der Waals surface area contributed by atoms with Gasteiger partial charge in [0.15, 0.2) is 0 Å². The summed E-state index contributed by atoms with van der Waals surface area (Å²) in [4.78, 5) is 11.3. The van der Waals surface area contributed by atoms with Gasteiger partial charge in [0.25, 0.3) is 0 Å². The summed E-state index contributed by atoms with van der Waals surface area (Å²) >= 11 is 0. The molecule has 1 unspecified atom stereocenters. The third-order valence-corrected chi connectivity index (χ3v) is 5.13. The summed E-state index contributed by atoms with van der Waals surface area (Å²) in [6, 6.07) is 21.5. The van der Waals surface area contributed by atoms with Gasteiger partial charge < -0.3 is 18.9 Å². The Labute approximate surface area is 182 Å². The summed E-state index contributed by atoms with van der Waals surface area (Å²) in [7, 11) is 0. The number of esters is 1. The summed E-state index contributed by atoms with van der Waals surface area (Å²) < 4.78 is 23.4. The van der Waals surface area contributed by atoms with E-state index in [0.29, 0.717) is 19.0 Å². The van der Waals surface area contributed by atoms with Crippen LogP contribution in [0.1, 0.15) is 43.1 Å². The van der Waals surface area contributed by atoms with Crippen LogP contribution in [0.15, 0.2) is 66.7 Å². The first-order valence-electron chi connectivity index (χ1n) is 10.5. The van der Waals surface area contributed by atoms with Gasteiger partial charge in [0.2, 0.25) is 0 Å². The van der Waals surface area contributed by atoms with Gasteiger partial charge in [0.05, 0.1) is 6.61 Å². The molecule has 0 N–H and O–H groups in total. The Morgan fingerprint density at radius 3 is 2.58 bits per heavy atom. The molecule has 31 heavy (non-hydrogen) atoms. The highest BCUT2D eigenvalue weighted by molar-refractivity contribution is 5.69. The topological polar surface area (TPSA) is 54.0 Å². The molecule has 0 aromatic heterocycles. The lowest BCUT2D eigenvalue weighted by molar-refractivity contribution is -0.131. The second-order valence-corrected chi connectivity index (χ2v) is 7.42. The maximum atomic E-state index is 11.3. The van der Waals surface area contributed by atoms with E-state index in [2.05, 4.69) is 0 Å². The fourth-order valence-corrected chi connectivity index (χ4v) is 3.70. The first-order valence-corrected chi connectivity index (χ1v) is 10.5. The number of hydrogen-bond donors (Lipinski definition) is 0. The molecule has 1 atom stereocenters. The van der Waals surface area contributed by atoms with Crippen molar-refractivity contribution in [3.8, 4) is 23.0 Å². The highest BCUT2D eigenvalue weighted by atomic mass is 16.5. The molecule has 3 aromatic rings. The number of carbonyl (C=O) groups excluding carboxylic acids is 1. The third-order valence-electron chi connectivity index (χ3n) is 5.13. The first-order chi connectivity index (χ1) is 15.1. The van der Waals surface area contributed by atoms with E-state index in [-0.39, 0.29) is 12.1 Å². The lowest BCUT2D eigenvalue weighted by atomic mass is 9.96. The Bertz CT molecular complexity index is 1040. The molecule has 0 saturated carbocycles. The maximum Gasteiger partial charge on any atom is 0.308 e. The van der Waals surface area contributed by atoms with E-state index in [1.54, 1.807) is 12.1 Å². The molecule has 5 heteroatoms. The minimum atomic E-state index is -0.351. The van der Waals surface area contributed by atoms with Crippen LogP contribution in [-0.2, 0) is 17.8 Å². The lowest BCUT2D eigenvalue weighted by Gasteiger charge is -2.28. The zero-order chi connectivity index (χ0) is 21.6. The van der Waals surface area contributed by atoms with Crippen molar-refractivity contribution < 1.29 is 23.7 Å². The zero-order valence-electron chi connectivity index (χ0n) is 17.8. The Kier molecular flexibility index (Phi) is 6.41. The van der Waals surface area contributed by atoms with E-state index in [9.17, 15) is 4.79 Å². The van der Waals surface area contributed by atoms with E-state index in [1.165, 1.54) is 6.92 Å². The highest BCUT2D eigenvalue weighted by Gasteiger charge is 2.25. The number of aryl methyl sites for hydroxylation is 1. The van der Waals surface area contributed by atoms with Gasteiger partial charge in [-0.2, -0.15) is 0 Å². The van der Waals surface area contributed by atoms with Crippen molar-refractivity contribution in [3.63, 3.8) is 0 Å². The van der Waals surface area contributed by atoms with Gasteiger partial charge in [-0.1, -0.05) is 36.4 Å². The molecule has 0 aliphatic carbocycles. The van der Waals surface area contributed by atoms with Crippen LogP contribution in [0, 0.1) is 0 Å². The fourth-order valence-electron chi connectivity index (χ4n) is 3.70. The molecule has 0 spiro atoms. The van der Waals surface area contributed by atoms with Crippen LogP contribution in [0.4, 0.5) is 0 Å². The van der Waals surface area contributed by atoms with Gasteiger partial charge >= 0.3 is 5.97 Å². The number of hydrogen-bond acceptors (Lipinski definition) is 5. The van der Waals surface area contributed by atoms with E-state index >= 15 is 0 Å². The average Bonchev–Trinajstić information content (AvgIpc) is 2.78. The zero-order valence-corrected chi connectivity index (χ0v) is 17.8. The number of benzene rings is 3. The van der Waals surface area contributed by atoms with E-state index in [0.717, 1.165) is 46.8 Å². The summed E-state index contributed by atoms with van der Waals surface area (Å²) in [5.41, 5.74) is 3.17. The summed E-state index contributed by atoms with van der Waals surface area (Å²) in [5, 5.41) is 0. The SMILES string of the molecule is CCOc1ccc(C2CCc3ccc(OC(C)=O)cc3O2)c(OCc2ccccc2)c1. The second-order valence-electron chi connectivity index (χ2n) is 7.42. The summed E-state index contributed by atoms with van der Waals surface area (Å²) in [5.74, 6) is 2.38. The summed E-state index contributed by atoms with van der Waals surface area (Å²) in [6.45, 7) is 4.40. The molecule has 4 rings (SSSR count). The highest BCUT2D eigenvalue weighted by Crippen LogP contribution is 2.41. The molecule has 1 aliphatic rings. The monoisotopic (exact) mass is 418 g/mol. The standard InChI is InChI=1S/C26H26O5/c1-3-28-21-12-13-23(26(15-21)29-17-19-7-5-4-6-8-19)24-14-10-20-9-11-22(30-18(2)27)16-25(20)31-24/h4-9,11-13,15-16,24H,3,10,14,17H2,1-2H3. The quantitative estimate of drug-likeness (QED) is 0.366. The number of fused-ring (bicyclic) bond motifs is 1. The molecular formula is C26H26O5. The molecule has 1 aliphatic heterocycles. The molecule has 0 bridgehead atoms. The second kappa shape index (κ2) is 9.56. The Morgan fingerprint density at radius 2 is 1.81 bits per heavy atom. The van der Waals surface area contributed by atoms with Crippen molar-refractivity contribution in [1.29, 1.82) is 0 Å². The lowest BCUT2D eigenvalue weighted by Crippen LogP contribution is -2.16. The van der Waals surface area contributed by atoms with Crippen LogP contribution in [0.3, 0.4) is 0 Å². The number of carbonyl (C=O) groups is 1. The van der Waals surface area contributed by atoms with Crippen LogP contribution in [0.25, 0.3) is 0 Å². The minimum Gasteiger partial charge on any atom is -0.494 e. The molecular weight excluding hydrogens is 392 g/mol. The average molecular weight is 418 g/mol. The van der Waals surface area contributed by atoms with Crippen molar-refractivity contribution in [3.05, 3.63) is 83.4 Å². The van der Waals surface area contributed by atoms with Crippen LogP contribution in [0.5, 0.6) is 23.0 Å². The van der Waals surface area contributed by atoms with Gasteiger partial charge in [-0.15, -0.1) is 0 Å². The van der Waals surface area contributed by atoms with E-state index in [1.807, 2.05) is 61.5 Å². The molecule has 3 aromatic carbocycles. The Hall–Kier alpha value is -3.47. The van der Waals surface area contributed by atoms with Gasteiger partial charge in [0, 0.05) is 24.6 Å². The predicted molar refractivity (Wildman–Crippen MR) is 118 cm³/mol. The summed E-state index contributed by atoms with van der Waals surface area (Å²) in [6.07, 6.45) is 1.53. The van der Waals surface area contributed by atoms with Crippen LogP contribution in [-0.4, -0.2) is 12.6 Å². The number of ether oxygens (including phenoxy) is 4. The van der Waals surface area contributed by atoms with Crippen molar-refractivity contribution in [2.24, 2.45) is 0 Å². The van der Waals surface area contributed by atoms with Crippen molar-refractivity contribution >= 4 is 5.97 Å². The number of rotatable bonds is 7. The van der Waals surface area contributed by atoms with Gasteiger partial charge in [-0.25, -0.2) is 0 Å². The van der Waals surface area contributed by atoms with Gasteiger partial charge in [-0.3, -0.25) is 4.79 Å². The normalized spacial score (nSPS) is 14.8. The van der Waals surface area contributed by atoms with Crippen LogP contribution >= 0.6 is 0 Å².